The highest BCUT2D eigenvalue weighted by Gasteiger charge is 2.17. The number of methoxy groups -OCH3 is 1. The first-order valence-corrected chi connectivity index (χ1v) is 8.94. The summed E-state index contributed by atoms with van der Waals surface area (Å²) in [6.45, 7) is 1.06. The fraction of sp³-hybridized carbons (Fsp3) is 0.381. The second-order valence-corrected chi connectivity index (χ2v) is 6.74. The van der Waals surface area contributed by atoms with Crippen molar-refractivity contribution in [2.24, 2.45) is 0 Å². The van der Waals surface area contributed by atoms with Crippen LogP contribution in [0.25, 0.3) is 0 Å². The lowest BCUT2D eigenvalue weighted by atomic mass is 10.1. The lowest BCUT2D eigenvalue weighted by Crippen LogP contribution is -2.42. The summed E-state index contributed by atoms with van der Waals surface area (Å²) in [6, 6.07) is 14.1. The monoisotopic (exact) mass is 373 g/mol. The SMILES string of the molecule is COc1ccc(C(CNC(=O)N(C)CCc2ccc(F)cc2)N(C)C)cc1. The molecular formula is C21H28FN3O2. The second-order valence-electron chi connectivity index (χ2n) is 6.74. The molecule has 1 N–H and O–H groups in total. The van der Waals surface area contributed by atoms with E-state index in [1.54, 1.807) is 31.2 Å². The molecular weight excluding hydrogens is 345 g/mol. The maximum atomic E-state index is 13.0. The van der Waals surface area contributed by atoms with Crippen molar-refractivity contribution in [3.8, 4) is 5.75 Å². The van der Waals surface area contributed by atoms with Gasteiger partial charge in [0.2, 0.25) is 0 Å². The van der Waals surface area contributed by atoms with E-state index in [9.17, 15) is 9.18 Å². The fourth-order valence-electron chi connectivity index (χ4n) is 2.79. The van der Waals surface area contributed by atoms with E-state index in [1.807, 2.05) is 38.4 Å². The summed E-state index contributed by atoms with van der Waals surface area (Å²) >= 11 is 0. The fourth-order valence-corrected chi connectivity index (χ4v) is 2.79. The molecule has 6 heteroatoms. The average Bonchev–Trinajstić information content (AvgIpc) is 2.67. The van der Waals surface area contributed by atoms with Crippen molar-refractivity contribution in [3.63, 3.8) is 0 Å². The number of halogens is 1. The maximum Gasteiger partial charge on any atom is 0.317 e. The van der Waals surface area contributed by atoms with E-state index in [2.05, 4.69) is 10.2 Å². The number of nitrogens with one attached hydrogen (secondary N) is 1. The van der Waals surface area contributed by atoms with Crippen LogP contribution in [0.15, 0.2) is 48.5 Å². The molecule has 0 aliphatic carbocycles. The molecule has 1 atom stereocenters. The zero-order chi connectivity index (χ0) is 19.8. The summed E-state index contributed by atoms with van der Waals surface area (Å²) in [6.07, 6.45) is 0.680. The van der Waals surface area contributed by atoms with Gasteiger partial charge < -0.3 is 19.9 Å². The number of hydrogen-bond acceptors (Lipinski definition) is 3. The van der Waals surface area contributed by atoms with Crippen LogP contribution in [-0.2, 0) is 6.42 Å². The van der Waals surface area contributed by atoms with Crippen molar-refractivity contribution in [1.82, 2.24) is 15.1 Å². The molecule has 2 aromatic carbocycles. The Morgan fingerprint density at radius 1 is 1.07 bits per heavy atom. The zero-order valence-corrected chi connectivity index (χ0v) is 16.4. The van der Waals surface area contributed by atoms with Crippen LogP contribution < -0.4 is 10.1 Å². The number of benzene rings is 2. The molecule has 1 unspecified atom stereocenters. The Morgan fingerprint density at radius 2 is 1.70 bits per heavy atom. The van der Waals surface area contributed by atoms with Crippen molar-refractivity contribution >= 4 is 6.03 Å². The van der Waals surface area contributed by atoms with Gasteiger partial charge >= 0.3 is 6.03 Å². The number of ether oxygens (including phenoxy) is 1. The zero-order valence-electron chi connectivity index (χ0n) is 16.4. The van der Waals surface area contributed by atoms with Crippen LogP contribution in [-0.4, -0.2) is 57.2 Å². The van der Waals surface area contributed by atoms with Gasteiger partial charge in [0.15, 0.2) is 0 Å². The minimum Gasteiger partial charge on any atom is -0.497 e. The van der Waals surface area contributed by atoms with Crippen molar-refractivity contribution in [2.45, 2.75) is 12.5 Å². The van der Waals surface area contributed by atoms with Gasteiger partial charge in [0, 0.05) is 20.1 Å². The highest BCUT2D eigenvalue weighted by molar-refractivity contribution is 5.73. The van der Waals surface area contributed by atoms with Crippen molar-refractivity contribution in [2.75, 3.05) is 41.3 Å². The molecule has 0 saturated carbocycles. The molecule has 0 aliphatic rings. The lowest BCUT2D eigenvalue weighted by molar-refractivity contribution is 0.203. The summed E-state index contributed by atoms with van der Waals surface area (Å²) in [5.74, 6) is 0.555. The summed E-state index contributed by atoms with van der Waals surface area (Å²) in [7, 11) is 7.37. The third-order valence-electron chi connectivity index (χ3n) is 4.57. The van der Waals surface area contributed by atoms with Crippen LogP contribution in [0.4, 0.5) is 9.18 Å². The molecule has 0 spiro atoms. The molecule has 27 heavy (non-hydrogen) atoms. The molecule has 0 aliphatic heterocycles. The van der Waals surface area contributed by atoms with Crippen LogP contribution in [0.5, 0.6) is 5.75 Å². The summed E-state index contributed by atoms with van der Waals surface area (Å²) in [5.41, 5.74) is 2.11. The van der Waals surface area contributed by atoms with Crippen LogP contribution in [0.3, 0.4) is 0 Å². The van der Waals surface area contributed by atoms with E-state index in [1.165, 1.54) is 12.1 Å². The van der Waals surface area contributed by atoms with E-state index in [0.717, 1.165) is 16.9 Å². The van der Waals surface area contributed by atoms with E-state index < -0.39 is 0 Å². The van der Waals surface area contributed by atoms with E-state index in [-0.39, 0.29) is 17.9 Å². The number of rotatable bonds is 8. The largest absolute Gasteiger partial charge is 0.497 e. The minimum atomic E-state index is -0.252. The van der Waals surface area contributed by atoms with Crippen molar-refractivity contribution < 1.29 is 13.9 Å². The van der Waals surface area contributed by atoms with E-state index in [4.69, 9.17) is 4.74 Å². The van der Waals surface area contributed by atoms with Crippen LogP contribution in [0.2, 0.25) is 0 Å². The van der Waals surface area contributed by atoms with Gasteiger partial charge in [0.25, 0.3) is 0 Å². The molecule has 0 fully saturated rings. The number of amides is 2. The molecule has 0 bridgehead atoms. The number of hydrogen-bond donors (Lipinski definition) is 1. The third-order valence-corrected chi connectivity index (χ3v) is 4.57. The molecule has 0 saturated heterocycles. The molecule has 2 aromatic rings. The molecule has 5 nitrogen and oxygen atoms in total. The summed E-state index contributed by atoms with van der Waals surface area (Å²) in [4.78, 5) is 16.1. The maximum absolute atomic E-state index is 13.0. The molecule has 146 valence electrons. The Morgan fingerprint density at radius 3 is 2.26 bits per heavy atom. The number of urea groups is 1. The molecule has 0 heterocycles. The van der Waals surface area contributed by atoms with Gasteiger partial charge in [-0.25, -0.2) is 9.18 Å². The van der Waals surface area contributed by atoms with Gasteiger partial charge in [-0.15, -0.1) is 0 Å². The predicted molar refractivity (Wildman–Crippen MR) is 106 cm³/mol. The van der Waals surface area contributed by atoms with Crippen molar-refractivity contribution in [1.29, 1.82) is 0 Å². The molecule has 2 rings (SSSR count). The van der Waals surface area contributed by atoms with E-state index >= 15 is 0 Å². The number of carbonyl (C=O) groups excluding carboxylic acids is 1. The number of carbonyl (C=O) groups is 1. The van der Waals surface area contributed by atoms with Crippen molar-refractivity contribution in [3.05, 3.63) is 65.5 Å². The minimum absolute atomic E-state index is 0.0605. The Hall–Kier alpha value is -2.60. The first kappa shape index (κ1) is 20.7. The highest BCUT2D eigenvalue weighted by atomic mass is 19.1. The van der Waals surface area contributed by atoms with E-state index in [0.29, 0.717) is 19.5 Å². The summed E-state index contributed by atoms with van der Waals surface area (Å²) < 4.78 is 18.1. The predicted octanol–water partition coefficient (Wildman–Crippen LogP) is 3.32. The Labute approximate surface area is 160 Å². The van der Waals surface area contributed by atoms with Gasteiger partial charge in [-0.05, 0) is 55.9 Å². The average molecular weight is 373 g/mol. The number of likely N-dealkylation sites (N-methyl/N-ethyl adjacent to an activating group) is 2. The first-order valence-electron chi connectivity index (χ1n) is 8.94. The van der Waals surface area contributed by atoms with Crippen LogP contribution >= 0.6 is 0 Å². The van der Waals surface area contributed by atoms with Crippen LogP contribution in [0.1, 0.15) is 17.2 Å². The topological polar surface area (TPSA) is 44.8 Å². The second kappa shape index (κ2) is 9.92. The van der Waals surface area contributed by atoms with Gasteiger partial charge in [0.05, 0.1) is 13.2 Å². The highest BCUT2D eigenvalue weighted by Crippen LogP contribution is 2.20. The van der Waals surface area contributed by atoms with Crippen LogP contribution in [0, 0.1) is 5.82 Å². The van der Waals surface area contributed by atoms with Gasteiger partial charge in [0.1, 0.15) is 11.6 Å². The lowest BCUT2D eigenvalue weighted by Gasteiger charge is -2.26. The quantitative estimate of drug-likeness (QED) is 0.772. The number of nitrogens with zero attached hydrogens (tertiary/aromatic N) is 2. The molecule has 0 radical (unpaired) electrons. The molecule has 2 amide bonds. The van der Waals surface area contributed by atoms with Gasteiger partial charge in [-0.3, -0.25) is 0 Å². The Bertz CT molecular complexity index is 717. The summed E-state index contributed by atoms with van der Waals surface area (Å²) in [5, 5.41) is 2.99. The smallest absolute Gasteiger partial charge is 0.317 e. The normalized spacial score (nSPS) is 11.9. The van der Waals surface area contributed by atoms with Gasteiger partial charge in [-0.2, -0.15) is 0 Å². The third kappa shape index (κ3) is 6.25. The Balaban J connectivity index is 1.87. The first-order chi connectivity index (χ1) is 12.9. The standard InChI is InChI=1S/C21H28FN3O2/c1-24(2)20(17-7-11-19(27-4)12-8-17)15-23-21(26)25(3)14-13-16-5-9-18(22)10-6-16/h5-12,20H,13-15H2,1-4H3,(H,23,26). The Kier molecular flexibility index (Phi) is 7.61. The molecule has 0 aromatic heterocycles. The van der Waals surface area contributed by atoms with Gasteiger partial charge in [-0.1, -0.05) is 24.3 Å².